The van der Waals surface area contributed by atoms with Crippen LogP contribution < -0.4 is 10.1 Å². The third-order valence-corrected chi connectivity index (χ3v) is 4.42. The summed E-state index contributed by atoms with van der Waals surface area (Å²) in [6.07, 6.45) is 3.13. The molecule has 1 atom stereocenters. The van der Waals surface area contributed by atoms with Crippen LogP contribution in [0.3, 0.4) is 0 Å². The minimum absolute atomic E-state index is 0.190. The van der Waals surface area contributed by atoms with Gasteiger partial charge < -0.3 is 15.2 Å². The normalized spacial score (nSPS) is 11.8. The molecule has 0 fully saturated rings. The lowest BCUT2D eigenvalue weighted by Gasteiger charge is -2.18. The Hall–Kier alpha value is -2.20. The Balaban J connectivity index is 2.10. The molecule has 134 valence electrons. The Bertz CT molecular complexity index is 701. The molecule has 0 aromatic heterocycles. The van der Waals surface area contributed by atoms with Crippen molar-refractivity contribution in [3.63, 3.8) is 0 Å². The average Bonchev–Trinajstić information content (AvgIpc) is 2.62. The molecule has 4 nitrogen and oxygen atoms in total. The van der Waals surface area contributed by atoms with E-state index in [1.54, 1.807) is 30.3 Å². The predicted octanol–water partition coefficient (Wildman–Crippen LogP) is 4.76. The quantitative estimate of drug-likeness (QED) is 0.712. The maximum absolute atomic E-state index is 12.6. The number of carbonyl (C=O) groups excluding carboxylic acids is 1. The molecule has 1 amide bonds. The molecule has 0 saturated carbocycles. The van der Waals surface area contributed by atoms with Crippen molar-refractivity contribution in [2.45, 2.75) is 32.1 Å². The molecule has 2 aromatic carbocycles. The fourth-order valence-electron chi connectivity index (χ4n) is 2.75. The number of nitrogens with one attached hydrogen (secondary N) is 1. The van der Waals surface area contributed by atoms with Gasteiger partial charge in [0.15, 0.2) is 0 Å². The van der Waals surface area contributed by atoms with Crippen LogP contribution in [-0.2, 0) is 0 Å². The van der Waals surface area contributed by atoms with Crippen LogP contribution in [0.5, 0.6) is 11.5 Å². The van der Waals surface area contributed by atoms with Crippen LogP contribution >= 0.6 is 11.6 Å². The lowest BCUT2D eigenvalue weighted by Crippen LogP contribution is -2.28. The molecule has 0 aliphatic carbocycles. The summed E-state index contributed by atoms with van der Waals surface area (Å²) in [6.45, 7) is 2.66. The lowest BCUT2D eigenvalue weighted by molar-refractivity contribution is 0.0947. The Labute approximate surface area is 153 Å². The molecular formula is C20H24ClNO3. The van der Waals surface area contributed by atoms with Crippen LogP contribution in [-0.4, -0.2) is 24.7 Å². The molecule has 0 bridgehead atoms. The van der Waals surface area contributed by atoms with Gasteiger partial charge in [-0.25, -0.2) is 0 Å². The fraction of sp³-hybridized carbons (Fsp3) is 0.350. The number of methoxy groups -OCH3 is 1. The molecule has 1 unspecified atom stereocenters. The third kappa shape index (κ3) is 5.40. The first-order valence-corrected chi connectivity index (χ1v) is 8.83. The number of aromatic hydroxyl groups is 1. The highest BCUT2D eigenvalue weighted by atomic mass is 35.5. The van der Waals surface area contributed by atoms with Crippen LogP contribution in [0, 0.1) is 0 Å². The first-order valence-electron chi connectivity index (χ1n) is 8.45. The maximum atomic E-state index is 12.6. The Kier molecular flexibility index (Phi) is 7.14. The van der Waals surface area contributed by atoms with Crippen molar-refractivity contribution in [1.82, 2.24) is 5.32 Å². The van der Waals surface area contributed by atoms with E-state index in [0.717, 1.165) is 24.8 Å². The van der Waals surface area contributed by atoms with Gasteiger partial charge in [-0.3, -0.25) is 4.79 Å². The molecule has 2 N–H and O–H groups in total. The monoisotopic (exact) mass is 361 g/mol. The van der Waals surface area contributed by atoms with Gasteiger partial charge in [0, 0.05) is 17.5 Å². The van der Waals surface area contributed by atoms with Gasteiger partial charge in [0.05, 0.1) is 12.7 Å². The third-order valence-electron chi connectivity index (χ3n) is 4.19. The molecule has 5 heteroatoms. The minimum atomic E-state index is -0.209. The first-order chi connectivity index (χ1) is 12.0. The Morgan fingerprint density at radius 1 is 1.24 bits per heavy atom. The highest BCUT2D eigenvalue weighted by Gasteiger charge is 2.16. The van der Waals surface area contributed by atoms with Crippen LogP contribution in [0.1, 0.15) is 48.0 Å². The molecule has 0 saturated heterocycles. The first kappa shape index (κ1) is 19.1. The Morgan fingerprint density at radius 3 is 2.60 bits per heavy atom. The molecule has 0 heterocycles. The number of ether oxygens (including phenoxy) is 1. The van der Waals surface area contributed by atoms with Gasteiger partial charge in [-0.2, -0.15) is 0 Å². The molecule has 25 heavy (non-hydrogen) atoms. The predicted molar refractivity (Wildman–Crippen MR) is 101 cm³/mol. The van der Waals surface area contributed by atoms with Crippen LogP contribution in [0.15, 0.2) is 42.5 Å². The Morgan fingerprint density at radius 2 is 1.96 bits per heavy atom. The highest BCUT2D eigenvalue weighted by Crippen LogP contribution is 2.25. The maximum Gasteiger partial charge on any atom is 0.255 e. The van der Waals surface area contributed by atoms with E-state index < -0.39 is 0 Å². The number of hydrogen-bond donors (Lipinski definition) is 2. The second-order valence-corrected chi connectivity index (χ2v) is 6.42. The van der Waals surface area contributed by atoms with E-state index in [0.29, 0.717) is 22.9 Å². The van der Waals surface area contributed by atoms with E-state index in [1.807, 2.05) is 12.1 Å². The van der Waals surface area contributed by atoms with Crippen LogP contribution in [0.25, 0.3) is 0 Å². The van der Waals surface area contributed by atoms with E-state index >= 15 is 0 Å². The zero-order valence-electron chi connectivity index (χ0n) is 14.6. The number of benzene rings is 2. The standard InChI is InChI=1S/C20H24ClNO3/c1-3-4-5-15(14-6-9-17(23)10-7-14)13-22-20(24)18-12-16(21)8-11-19(18)25-2/h6-12,15,23H,3-5,13H2,1-2H3,(H,22,24). The molecule has 0 aliphatic heterocycles. The minimum Gasteiger partial charge on any atom is -0.508 e. The average molecular weight is 362 g/mol. The van der Waals surface area contributed by atoms with Crippen molar-refractivity contribution in [2.75, 3.05) is 13.7 Å². The van der Waals surface area contributed by atoms with Gasteiger partial charge in [0.1, 0.15) is 11.5 Å². The zero-order chi connectivity index (χ0) is 18.2. The van der Waals surface area contributed by atoms with E-state index in [9.17, 15) is 9.90 Å². The summed E-state index contributed by atoms with van der Waals surface area (Å²) in [5.74, 6) is 0.719. The van der Waals surface area contributed by atoms with Gasteiger partial charge >= 0.3 is 0 Å². The van der Waals surface area contributed by atoms with Gasteiger partial charge in [0.25, 0.3) is 5.91 Å². The zero-order valence-corrected chi connectivity index (χ0v) is 15.3. The number of amides is 1. The van der Waals surface area contributed by atoms with Crippen molar-refractivity contribution in [1.29, 1.82) is 0 Å². The summed E-state index contributed by atoms with van der Waals surface area (Å²) in [6, 6.07) is 12.1. The SMILES string of the molecule is CCCCC(CNC(=O)c1cc(Cl)ccc1OC)c1ccc(O)cc1. The molecular weight excluding hydrogens is 338 g/mol. The van der Waals surface area contributed by atoms with Crippen molar-refractivity contribution < 1.29 is 14.6 Å². The van der Waals surface area contributed by atoms with Crippen molar-refractivity contribution >= 4 is 17.5 Å². The molecule has 2 aromatic rings. The topological polar surface area (TPSA) is 58.6 Å². The summed E-state index contributed by atoms with van der Waals surface area (Å²) in [5.41, 5.74) is 1.53. The summed E-state index contributed by atoms with van der Waals surface area (Å²) in [5, 5.41) is 12.9. The number of phenols is 1. The summed E-state index contributed by atoms with van der Waals surface area (Å²) < 4.78 is 5.24. The fourth-order valence-corrected chi connectivity index (χ4v) is 2.92. The number of rotatable bonds is 8. The molecule has 0 radical (unpaired) electrons. The summed E-state index contributed by atoms with van der Waals surface area (Å²) >= 11 is 6.00. The second-order valence-electron chi connectivity index (χ2n) is 5.99. The number of phenolic OH excluding ortho intramolecular Hbond substituents is 1. The van der Waals surface area contributed by atoms with Gasteiger partial charge in [-0.1, -0.05) is 43.5 Å². The summed E-state index contributed by atoms with van der Waals surface area (Å²) in [7, 11) is 1.53. The van der Waals surface area contributed by atoms with Gasteiger partial charge in [-0.05, 0) is 42.3 Å². The number of carbonyl (C=O) groups is 1. The molecule has 0 aliphatic rings. The van der Waals surface area contributed by atoms with E-state index in [-0.39, 0.29) is 17.6 Å². The van der Waals surface area contributed by atoms with Crippen molar-refractivity contribution in [2.24, 2.45) is 0 Å². The van der Waals surface area contributed by atoms with E-state index in [4.69, 9.17) is 16.3 Å². The molecule has 0 spiro atoms. The van der Waals surface area contributed by atoms with E-state index in [1.165, 1.54) is 7.11 Å². The van der Waals surface area contributed by atoms with Crippen LogP contribution in [0.4, 0.5) is 0 Å². The lowest BCUT2D eigenvalue weighted by atomic mass is 9.93. The molecule has 2 rings (SSSR count). The van der Waals surface area contributed by atoms with Crippen molar-refractivity contribution in [3.05, 3.63) is 58.6 Å². The highest BCUT2D eigenvalue weighted by molar-refractivity contribution is 6.31. The smallest absolute Gasteiger partial charge is 0.255 e. The summed E-state index contributed by atoms with van der Waals surface area (Å²) in [4.78, 5) is 12.6. The van der Waals surface area contributed by atoms with Crippen molar-refractivity contribution in [3.8, 4) is 11.5 Å². The van der Waals surface area contributed by atoms with Crippen LogP contribution in [0.2, 0.25) is 5.02 Å². The number of halogens is 1. The van der Waals surface area contributed by atoms with Gasteiger partial charge in [-0.15, -0.1) is 0 Å². The number of hydrogen-bond acceptors (Lipinski definition) is 3. The van der Waals surface area contributed by atoms with Gasteiger partial charge in [0.2, 0.25) is 0 Å². The largest absolute Gasteiger partial charge is 0.508 e. The number of unbranched alkanes of at least 4 members (excludes halogenated alkanes) is 1. The second kappa shape index (κ2) is 9.33. The van der Waals surface area contributed by atoms with E-state index in [2.05, 4.69) is 12.2 Å².